The monoisotopic (exact) mass is 273 g/mol. The summed E-state index contributed by atoms with van der Waals surface area (Å²) in [5, 5.41) is 2.78. The minimum Gasteiger partial charge on any atom is -0.380 e. The number of benzene rings is 1. The van der Waals surface area contributed by atoms with E-state index in [9.17, 15) is 9.18 Å². The zero-order valence-electron chi connectivity index (χ0n) is 10.1. The van der Waals surface area contributed by atoms with Crippen LogP contribution in [0.5, 0.6) is 0 Å². The van der Waals surface area contributed by atoms with Gasteiger partial charge in [-0.1, -0.05) is 12.1 Å². The van der Waals surface area contributed by atoms with Gasteiger partial charge in [0.2, 0.25) is 5.91 Å². The number of hydrogen-bond donors (Lipinski definition) is 1. The number of ether oxygens (including phenoxy) is 1. The fourth-order valence-corrected chi connectivity index (χ4v) is 1.52. The second-order valence-electron chi connectivity index (χ2n) is 3.81. The van der Waals surface area contributed by atoms with E-state index in [1.165, 1.54) is 12.1 Å². The van der Waals surface area contributed by atoms with Crippen LogP contribution in [0.3, 0.4) is 0 Å². The molecule has 5 heteroatoms. The van der Waals surface area contributed by atoms with Crippen molar-refractivity contribution in [2.45, 2.75) is 12.8 Å². The average Bonchev–Trinajstić information content (AvgIpc) is 2.36. The maximum absolute atomic E-state index is 12.7. The number of halogens is 2. The highest BCUT2D eigenvalue weighted by atomic mass is 35.5. The third-order valence-corrected chi connectivity index (χ3v) is 2.44. The van der Waals surface area contributed by atoms with Gasteiger partial charge in [-0.2, -0.15) is 0 Å². The molecule has 0 aromatic heterocycles. The van der Waals surface area contributed by atoms with Gasteiger partial charge in [-0.15, -0.1) is 11.6 Å². The molecule has 0 bridgehead atoms. The van der Waals surface area contributed by atoms with Gasteiger partial charge in [-0.05, 0) is 24.1 Å². The third-order valence-electron chi connectivity index (χ3n) is 2.29. The summed E-state index contributed by atoms with van der Waals surface area (Å²) >= 11 is 5.44. The quantitative estimate of drug-likeness (QED) is 0.582. The van der Waals surface area contributed by atoms with Crippen LogP contribution in [-0.4, -0.2) is 31.5 Å². The first-order valence-electron chi connectivity index (χ1n) is 5.87. The van der Waals surface area contributed by atoms with E-state index in [0.29, 0.717) is 25.6 Å². The Kier molecular flexibility index (Phi) is 7.37. The summed E-state index contributed by atoms with van der Waals surface area (Å²) < 4.78 is 17.8. The standard InChI is InChI=1S/C13H17ClFNO2/c14-6-9-18-8-1-7-16-13(17)10-11-2-4-12(15)5-3-11/h2-5H,1,6-10H2,(H,16,17). The van der Waals surface area contributed by atoms with Gasteiger partial charge in [0.05, 0.1) is 13.0 Å². The molecule has 1 N–H and O–H groups in total. The van der Waals surface area contributed by atoms with E-state index in [1.807, 2.05) is 0 Å². The van der Waals surface area contributed by atoms with Crippen LogP contribution in [0, 0.1) is 5.82 Å². The first-order valence-corrected chi connectivity index (χ1v) is 6.40. The van der Waals surface area contributed by atoms with Crippen LogP contribution in [0.2, 0.25) is 0 Å². The van der Waals surface area contributed by atoms with Gasteiger partial charge in [-0.3, -0.25) is 4.79 Å². The highest BCUT2D eigenvalue weighted by molar-refractivity contribution is 6.17. The van der Waals surface area contributed by atoms with E-state index in [4.69, 9.17) is 16.3 Å². The topological polar surface area (TPSA) is 38.3 Å². The minimum absolute atomic E-state index is 0.0704. The number of hydrogen-bond acceptors (Lipinski definition) is 2. The zero-order valence-corrected chi connectivity index (χ0v) is 10.9. The summed E-state index contributed by atoms with van der Waals surface area (Å²) in [6.45, 7) is 1.69. The van der Waals surface area contributed by atoms with Gasteiger partial charge >= 0.3 is 0 Å². The van der Waals surface area contributed by atoms with Gasteiger partial charge in [0, 0.05) is 19.0 Å². The highest BCUT2D eigenvalue weighted by Gasteiger charge is 2.02. The van der Waals surface area contributed by atoms with Crippen LogP contribution < -0.4 is 5.32 Å². The Labute approximate surface area is 111 Å². The molecule has 0 spiro atoms. The van der Waals surface area contributed by atoms with Crippen molar-refractivity contribution in [1.29, 1.82) is 0 Å². The van der Waals surface area contributed by atoms with E-state index in [-0.39, 0.29) is 18.1 Å². The van der Waals surface area contributed by atoms with Crippen molar-refractivity contribution in [3.8, 4) is 0 Å². The van der Waals surface area contributed by atoms with Gasteiger partial charge in [0.15, 0.2) is 0 Å². The summed E-state index contributed by atoms with van der Waals surface area (Å²) in [4.78, 5) is 11.5. The molecular formula is C13H17ClFNO2. The fourth-order valence-electron chi connectivity index (χ4n) is 1.41. The van der Waals surface area contributed by atoms with Crippen LogP contribution in [0.4, 0.5) is 4.39 Å². The van der Waals surface area contributed by atoms with Gasteiger partial charge in [0.25, 0.3) is 0 Å². The van der Waals surface area contributed by atoms with Crippen molar-refractivity contribution in [3.63, 3.8) is 0 Å². The van der Waals surface area contributed by atoms with E-state index < -0.39 is 0 Å². The molecule has 100 valence electrons. The number of carbonyl (C=O) groups is 1. The summed E-state index contributed by atoms with van der Waals surface area (Å²) in [6, 6.07) is 5.92. The molecule has 1 amide bonds. The lowest BCUT2D eigenvalue weighted by molar-refractivity contribution is -0.120. The molecule has 0 radical (unpaired) electrons. The van der Waals surface area contributed by atoms with Crippen LogP contribution in [0.25, 0.3) is 0 Å². The molecule has 0 unspecified atom stereocenters. The predicted molar refractivity (Wildman–Crippen MR) is 69.3 cm³/mol. The lowest BCUT2D eigenvalue weighted by Crippen LogP contribution is -2.26. The second kappa shape index (κ2) is 8.89. The largest absolute Gasteiger partial charge is 0.380 e. The van der Waals surface area contributed by atoms with E-state index >= 15 is 0 Å². The maximum atomic E-state index is 12.7. The molecule has 0 saturated carbocycles. The lowest BCUT2D eigenvalue weighted by atomic mass is 10.1. The van der Waals surface area contributed by atoms with Crippen molar-refractivity contribution < 1.29 is 13.9 Å². The summed E-state index contributed by atoms with van der Waals surface area (Å²) in [7, 11) is 0. The number of rotatable bonds is 8. The number of alkyl halides is 1. The molecule has 18 heavy (non-hydrogen) atoms. The molecule has 1 aromatic rings. The highest BCUT2D eigenvalue weighted by Crippen LogP contribution is 2.03. The first kappa shape index (κ1) is 14.9. The Balaban J connectivity index is 2.12. The Morgan fingerprint density at radius 2 is 2.00 bits per heavy atom. The molecule has 0 atom stereocenters. The smallest absolute Gasteiger partial charge is 0.224 e. The summed E-state index contributed by atoms with van der Waals surface area (Å²) in [5.74, 6) is 0.117. The molecule has 3 nitrogen and oxygen atoms in total. The van der Waals surface area contributed by atoms with Crippen molar-refractivity contribution in [1.82, 2.24) is 5.32 Å². The van der Waals surface area contributed by atoms with Crippen molar-refractivity contribution in [2.75, 3.05) is 25.6 Å². The van der Waals surface area contributed by atoms with Crippen molar-refractivity contribution in [3.05, 3.63) is 35.6 Å². The Morgan fingerprint density at radius 3 is 2.67 bits per heavy atom. The molecule has 0 fully saturated rings. The van der Waals surface area contributed by atoms with Crippen LogP contribution in [0.1, 0.15) is 12.0 Å². The summed E-state index contributed by atoms with van der Waals surface area (Å²) in [6.07, 6.45) is 1.02. The molecule has 0 heterocycles. The van der Waals surface area contributed by atoms with Crippen molar-refractivity contribution >= 4 is 17.5 Å². The Hall–Kier alpha value is -1.13. The molecule has 0 aliphatic heterocycles. The number of nitrogens with one attached hydrogen (secondary N) is 1. The molecule has 0 aliphatic carbocycles. The van der Waals surface area contributed by atoms with Gasteiger partial charge in [0.1, 0.15) is 5.82 Å². The van der Waals surface area contributed by atoms with E-state index in [2.05, 4.69) is 5.32 Å². The van der Waals surface area contributed by atoms with E-state index in [1.54, 1.807) is 12.1 Å². The van der Waals surface area contributed by atoms with Crippen LogP contribution in [-0.2, 0) is 16.0 Å². The summed E-state index contributed by atoms with van der Waals surface area (Å²) in [5.41, 5.74) is 0.798. The van der Waals surface area contributed by atoms with Gasteiger partial charge in [-0.25, -0.2) is 4.39 Å². The number of amides is 1. The second-order valence-corrected chi connectivity index (χ2v) is 4.19. The van der Waals surface area contributed by atoms with Crippen LogP contribution >= 0.6 is 11.6 Å². The predicted octanol–water partition coefficient (Wildman–Crippen LogP) is 2.13. The normalized spacial score (nSPS) is 10.3. The first-order chi connectivity index (χ1) is 8.72. The SMILES string of the molecule is O=C(Cc1ccc(F)cc1)NCCCOCCCl. The van der Waals surface area contributed by atoms with Crippen molar-refractivity contribution in [2.24, 2.45) is 0 Å². The fraction of sp³-hybridized carbons (Fsp3) is 0.462. The maximum Gasteiger partial charge on any atom is 0.224 e. The Bertz CT molecular complexity index is 357. The lowest BCUT2D eigenvalue weighted by Gasteiger charge is -2.05. The van der Waals surface area contributed by atoms with Crippen LogP contribution in [0.15, 0.2) is 24.3 Å². The van der Waals surface area contributed by atoms with E-state index in [0.717, 1.165) is 12.0 Å². The number of carbonyl (C=O) groups excluding carboxylic acids is 1. The zero-order chi connectivity index (χ0) is 13.2. The Morgan fingerprint density at radius 1 is 1.28 bits per heavy atom. The molecule has 0 saturated heterocycles. The third kappa shape index (κ3) is 6.57. The molecule has 0 aliphatic rings. The molecule has 1 rings (SSSR count). The average molecular weight is 274 g/mol. The minimum atomic E-state index is -0.296. The van der Waals surface area contributed by atoms with Gasteiger partial charge < -0.3 is 10.1 Å². The molecular weight excluding hydrogens is 257 g/mol. The molecule has 1 aromatic carbocycles.